The van der Waals surface area contributed by atoms with Crippen molar-refractivity contribution in [2.45, 2.75) is 38.3 Å². The molecule has 4 heterocycles. The normalized spacial score (nSPS) is 17.2. The van der Waals surface area contributed by atoms with Crippen LogP contribution in [0.3, 0.4) is 0 Å². The summed E-state index contributed by atoms with van der Waals surface area (Å²) in [6, 6.07) is 6.58. The zero-order valence-corrected chi connectivity index (χ0v) is 22.2. The van der Waals surface area contributed by atoms with Crippen molar-refractivity contribution in [1.29, 1.82) is 0 Å². The zero-order chi connectivity index (χ0) is 26.3. The lowest BCUT2D eigenvalue weighted by Crippen LogP contribution is -2.44. The van der Waals surface area contributed by atoms with Crippen molar-refractivity contribution < 1.29 is 22.3 Å². The molecule has 9 nitrogen and oxygen atoms in total. The third-order valence-electron chi connectivity index (χ3n) is 6.39. The molecule has 1 amide bonds. The van der Waals surface area contributed by atoms with E-state index in [2.05, 4.69) is 14.3 Å². The van der Waals surface area contributed by atoms with E-state index in [0.29, 0.717) is 18.5 Å². The number of halogens is 3. The molecule has 0 bridgehead atoms. The number of rotatable bonds is 6. The summed E-state index contributed by atoms with van der Waals surface area (Å²) >= 11 is 12.2. The molecule has 0 spiro atoms. The number of fused-ring (bicyclic) bond motifs is 3. The number of hydrogen-bond acceptors (Lipinski definition) is 6. The van der Waals surface area contributed by atoms with E-state index in [1.54, 1.807) is 17.0 Å². The topological polar surface area (TPSA) is 106 Å². The number of aryl methyl sites for hydroxylation is 1. The highest BCUT2D eigenvalue weighted by Gasteiger charge is 2.38. The molecule has 1 N–H and O–H groups in total. The molecule has 3 aromatic rings. The minimum atomic E-state index is -3.53. The second kappa shape index (κ2) is 10.1. The Labute approximate surface area is 223 Å². The average molecular weight is 568 g/mol. The molecule has 0 aliphatic carbocycles. The van der Waals surface area contributed by atoms with Gasteiger partial charge in [0.2, 0.25) is 10.0 Å². The van der Waals surface area contributed by atoms with Crippen LogP contribution < -0.4 is 9.46 Å². The van der Waals surface area contributed by atoms with E-state index in [9.17, 15) is 13.2 Å². The van der Waals surface area contributed by atoms with Crippen molar-refractivity contribution in [3.05, 3.63) is 69.1 Å². The maximum Gasteiger partial charge on any atom is 0.261 e. The molecular weight excluding hydrogens is 544 g/mol. The number of ether oxygens (including phenoxy) is 1. The Morgan fingerprint density at radius 2 is 1.97 bits per heavy atom. The monoisotopic (exact) mass is 567 g/mol. The maximum absolute atomic E-state index is 15.2. The molecule has 13 heteroatoms. The minimum absolute atomic E-state index is 0.0264. The number of nitrogens with one attached hydrogen (secondary N) is 1. The van der Waals surface area contributed by atoms with E-state index in [-0.39, 0.29) is 34.3 Å². The molecule has 2 aliphatic rings. The number of carbonyl (C=O) groups excluding carboxylic acids is 1. The first kappa shape index (κ1) is 25.7. The highest BCUT2D eigenvalue weighted by Crippen LogP contribution is 2.39. The van der Waals surface area contributed by atoms with Crippen molar-refractivity contribution in [3.63, 3.8) is 0 Å². The summed E-state index contributed by atoms with van der Waals surface area (Å²) in [4.78, 5) is 23.8. The number of aromatic nitrogens is 3. The lowest BCUT2D eigenvalue weighted by molar-refractivity contribution is -0.135. The Bertz CT molecular complexity index is 1480. The molecule has 2 aromatic heterocycles. The summed E-state index contributed by atoms with van der Waals surface area (Å²) in [5.41, 5.74) is 2.04. The fraction of sp³-hybridized carbons (Fsp3) is 0.375. The van der Waals surface area contributed by atoms with Crippen molar-refractivity contribution in [1.82, 2.24) is 19.4 Å². The van der Waals surface area contributed by atoms with Gasteiger partial charge in [0.05, 0.1) is 17.6 Å². The molecule has 2 aliphatic heterocycles. The zero-order valence-electron chi connectivity index (χ0n) is 19.9. The molecule has 0 radical (unpaired) electrons. The van der Waals surface area contributed by atoms with Crippen LogP contribution in [0, 0.1) is 5.82 Å². The molecule has 0 fully saturated rings. The van der Waals surface area contributed by atoms with Crippen molar-refractivity contribution in [2.24, 2.45) is 0 Å². The van der Waals surface area contributed by atoms with Gasteiger partial charge in [0.1, 0.15) is 23.5 Å². The maximum atomic E-state index is 15.2. The van der Waals surface area contributed by atoms with Crippen LogP contribution in [-0.4, -0.2) is 53.2 Å². The number of hydrogen-bond donors (Lipinski definition) is 1. The fourth-order valence-corrected chi connectivity index (χ4v) is 5.72. The van der Waals surface area contributed by atoms with Crippen LogP contribution in [0.5, 0.6) is 5.75 Å². The van der Waals surface area contributed by atoms with Gasteiger partial charge in [-0.15, -0.1) is 0 Å². The van der Waals surface area contributed by atoms with E-state index in [0.717, 1.165) is 49.3 Å². The second-order valence-electron chi connectivity index (χ2n) is 9.02. The quantitative estimate of drug-likeness (QED) is 0.451. The second-order valence-corrected chi connectivity index (χ2v) is 11.6. The van der Waals surface area contributed by atoms with Crippen LogP contribution in [0.4, 0.5) is 10.2 Å². The molecule has 5 rings (SSSR count). The first-order chi connectivity index (χ1) is 17.6. The Morgan fingerprint density at radius 1 is 1.16 bits per heavy atom. The van der Waals surface area contributed by atoms with Gasteiger partial charge in [-0.05, 0) is 37.1 Å². The standard InChI is InChI=1S/C24H24Cl2FN5O4S/c1-37(34,35)30-19-8-7-18(24(26)29-19)36-13-21(33)32-11-9-17-23(31-10-3-2-4-20(31)28-17)22(32)15-6-5-14(25)12-16(15)27/h5-8,12,22H,2-4,9-11,13H2,1H3,(H,29,30). The fourth-order valence-electron chi connectivity index (χ4n) is 4.86. The van der Waals surface area contributed by atoms with Crippen LogP contribution in [0.2, 0.25) is 10.2 Å². The summed E-state index contributed by atoms with van der Waals surface area (Å²) in [6.45, 7) is 0.723. The summed E-state index contributed by atoms with van der Waals surface area (Å²) in [7, 11) is -3.53. The number of amides is 1. The third-order valence-corrected chi connectivity index (χ3v) is 7.47. The molecule has 0 saturated heterocycles. The van der Waals surface area contributed by atoms with Gasteiger partial charge >= 0.3 is 0 Å². The van der Waals surface area contributed by atoms with Crippen molar-refractivity contribution in [3.8, 4) is 5.75 Å². The van der Waals surface area contributed by atoms with Gasteiger partial charge in [-0.25, -0.2) is 22.8 Å². The lowest BCUT2D eigenvalue weighted by atomic mass is 9.94. The van der Waals surface area contributed by atoms with E-state index >= 15 is 4.39 Å². The SMILES string of the molecule is CS(=O)(=O)Nc1ccc(OCC(=O)N2CCc3nc4n(c3C2c2ccc(Cl)cc2F)CCCC4)c(Cl)n1. The van der Waals surface area contributed by atoms with E-state index < -0.39 is 21.9 Å². The number of imidazole rings is 1. The van der Waals surface area contributed by atoms with Gasteiger partial charge in [-0.1, -0.05) is 29.3 Å². The first-order valence-electron chi connectivity index (χ1n) is 11.7. The van der Waals surface area contributed by atoms with E-state index in [1.165, 1.54) is 18.2 Å². The van der Waals surface area contributed by atoms with Gasteiger partial charge in [-0.2, -0.15) is 0 Å². The van der Waals surface area contributed by atoms with E-state index in [4.69, 9.17) is 32.9 Å². The van der Waals surface area contributed by atoms with Crippen molar-refractivity contribution >= 4 is 45.0 Å². The number of benzene rings is 1. The van der Waals surface area contributed by atoms with Gasteiger partial charge in [0, 0.05) is 36.5 Å². The van der Waals surface area contributed by atoms with Crippen LogP contribution in [0.1, 0.15) is 41.7 Å². The highest BCUT2D eigenvalue weighted by molar-refractivity contribution is 7.92. The number of sulfonamides is 1. The molecule has 0 saturated carbocycles. The van der Waals surface area contributed by atoms with Crippen LogP contribution >= 0.6 is 23.2 Å². The Kier molecular flexibility index (Phi) is 7.03. The predicted octanol–water partition coefficient (Wildman–Crippen LogP) is 3.98. The minimum Gasteiger partial charge on any atom is -0.481 e. The van der Waals surface area contributed by atoms with Gasteiger partial charge in [-0.3, -0.25) is 9.52 Å². The number of pyridine rings is 1. The molecular formula is C24H24Cl2FN5O4S. The Morgan fingerprint density at radius 3 is 2.70 bits per heavy atom. The highest BCUT2D eigenvalue weighted by atomic mass is 35.5. The van der Waals surface area contributed by atoms with Crippen LogP contribution in [0.15, 0.2) is 30.3 Å². The molecule has 1 atom stereocenters. The summed E-state index contributed by atoms with van der Waals surface area (Å²) in [5.74, 6) is 0.227. The average Bonchev–Trinajstić information content (AvgIpc) is 3.21. The number of anilines is 1. The predicted molar refractivity (Wildman–Crippen MR) is 137 cm³/mol. The Hall–Kier alpha value is -2.89. The summed E-state index contributed by atoms with van der Waals surface area (Å²) < 4.78 is 48.0. The van der Waals surface area contributed by atoms with Crippen molar-refractivity contribution in [2.75, 3.05) is 24.1 Å². The summed E-state index contributed by atoms with van der Waals surface area (Å²) in [6.07, 6.45) is 4.40. The number of nitrogens with zero attached hydrogens (tertiary/aromatic N) is 4. The number of carbonyl (C=O) groups is 1. The first-order valence-corrected chi connectivity index (χ1v) is 14.3. The van der Waals surface area contributed by atoms with Gasteiger partial charge in [0.25, 0.3) is 5.91 Å². The third kappa shape index (κ3) is 5.39. The molecule has 1 aromatic carbocycles. The van der Waals surface area contributed by atoms with Gasteiger partial charge in [0.15, 0.2) is 17.5 Å². The lowest BCUT2D eigenvalue weighted by Gasteiger charge is -2.37. The summed E-state index contributed by atoms with van der Waals surface area (Å²) in [5, 5.41) is 0.164. The van der Waals surface area contributed by atoms with E-state index in [1.807, 2.05) is 0 Å². The van der Waals surface area contributed by atoms with Crippen LogP contribution in [-0.2, 0) is 34.2 Å². The Balaban J connectivity index is 1.43. The van der Waals surface area contributed by atoms with Gasteiger partial charge < -0.3 is 14.2 Å². The van der Waals surface area contributed by atoms with Crippen LogP contribution in [0.25, 0.3) is 0 Å². The molecule has 37 heavy (non-hydrogen) atoms. The smallest absolute Gasteiger partial charge is 0.261 e. The molecule has 196 valence electrons. The largest absolute Gasteiger partial charge is 0.481 e. The molecule has 1 unspecified atom stereocenters.